The first-order valence-electron chi connectivity index (χ1n) is 14.2. The molecule has 0 aliphatic heterocycles. The molecule has 8 heteroatoms. The molecule has 0 atom stereocenters. The Morgan fingerprint density at radius 3 is 1.63 bits per heavy atom. The third kappa shape index (κ3) is 9.09. The molecule has 0 N–H and O–H groups in total. The summed E-state index contributed by atoms with van der Waals surface area (Å²) < 4.78 is 23.9. The molecule has 35 heavy (non-hydrogen) atoms. The van der Waals surface area contributed by atoms with Crippen molar-refractivity contribution < 1.29 is 13.3 Å². The van der Waals surface area contributed by atoms with Crippen LogP contribution in [0.25, 0.3) is 0 Å². The molecule has 0 aliphatic rings. The monoisotopic (exact) mass is 540 g/mol. The number of hydrogen-bond donors (Lipinski definition) is 0. The fourth-order valence-corrected chi connectivity index (χ4v) is 14.8. The lowest BCUT2D eigenvalue weighted by atomic mass is 10.3. The lowest BCUT2D eigenvalue weighted by Crippen LogP contribution is -2.56. The van der Waals surface area contributed by atoms with Gasteiger partial charge in [0.05, 0.1) is 0 Å². The fraction of sp³-hybridized carbons (Fsp3) is 0.778. The van der Waals surface area contributed by atoms with Crippen LogP contribution >= 0.6 is 0 Å². The third-order valence-electron chi connectivity index (χ3n) is 8.24. The molecule has 0 radical (unpaired) electrons. The first-order valence-corrected chi connectivity index (χ1v) is 21.6. The quantitative estimate of drug-likeness (QED) is 0.160. The van der Waals surface area contributed by atoms with Crippen molar-refractivity contribution in [1.82, 2.24) is 4.57 Å². The van der Waals surface area contributed by atoms with E-state index in [1.54, 1.807) is 0 Å². The van der Waals surface area contributed by atoms with E-state index in [0.717, 1.165) is 19.0 Å². The molecular weight excluding hydrogens is 485 g/mol. The van der Waals surface area contributed by atoms with E-state index in [1.807, 2.05) is 20.8 Å². The number of hydrogen-bond acceptors (Lipinski definition) is 5. The minimum atomic E-state index is -2.57. The summed E-state index contributed by atoms with van der Waals surface area (Å²) in [5, 5.41) is 0. The summed E-state index contributed by atoms with van der Waals surface area (Å²) in [6.07, 6.45) is 1.07. The van der Waals surface area contributed by atoms with E-state index in [1.165, 1.54) is 42.5 Å². The van der Waals surface area contributed by atoms with E-state index in [9.17, 15) is 0 Å². The van der Waals surface area contributed by atoms with Gasteiger partial charge in [-0.3, -0.25) is 0 Å². The Labute approximate surface area is 221 Å². The maximum Gasteiger partial charge on any atom is 0.500 e. The number of anilines is 1. The standard InChI is InChI=1S/C27H56N2O3Si3/c1-10-30-35(31-11-2,32-12-3)25-20-23-28(8)34(15-6,16-7)26-24-29(33(9,13-4)14-5)27-21-18-17-19-22-27/h17-19,21-22H,10-16,20,23-26H2,1-9H3. The van der Waals surface area contributed by atoms with Gasteiger partial charge in [-0.15, -0.1) is 0 Å². The first-order chi connectivity index (χ1) is 16.8. The maximum atomic E-state index is 6.11. The van der Waals surface area contributed by atoms with Crippen molar-refractivity contribution in [3.05, 3.63) is 30.3 Å². The molecule has 0 unspecified atom stereocenters. The Kier molecular flexibility index (Phi) is 15.2. The Bertz CT molecular complexity index is 656. The molecule has 0 saturated heterocycles. The Balaban J connectivity index is 3.00. The van der Waals surface area contributed by atoms with Crippen LogP contribution in [0.5, 0.6) is 0 Å². The van der Waals surface area contributed by atoms with Gasteiger partial charge in [0.25, 0.3) is 0 Å². The van der Waals surface area contributed by atoms with E-state index in [4.69, 9.17) is 13.3 Å². The summed E-state index contributed by atoms with van der Waals surface area (Å²) >= 11 is 0. The molecule has 0 bridgehead atoms. The third-order valence-corrected chi connectivity index (χ3v) is 21.9. The average molecular weight is 541 g/mol. The van der Waals surface area contributed by atoms with Gasteiger partial charge in [0.15, 0.2) is 8.24 Å². The number of para-hydroxylation sites is 1. The van der Waals surface area contributed by atoms with Crippen LogP contribution < -0.4 is 4.57 Å². The van der Waals surface area contributed by atoms with Gasteiger partial charge in [-0.2, -0.15) is 0 Å². The molecule has 0 heterocycles. The molecule has 5 nitrogen and oxygen atoms in total. The SMILES string of the molecule is CCO[Si](CCCN(C)[Si](CC)(CC)CCN(c1ccccc1)[Si](C)(CC)CC)(OCC)OCC. The number of rotatable bonds is 20. The van der Waals surface area contributed by atoms with E-state index >= 15 is 0 Å². The summed E-state index contributed by atoms with van der Waals surface area (Å²) in [6, 6.07) is 18.6. The minimum Gasteiger partial charge on any atom is -0.398 e. The van der Waals surface area contributed by atoms with Crippen molar-refractivity contribution in [3.8, 4) is 0 Å². The second kappa shape index (κ2) is 16.4. The molecule has 0 spiro atoms. The lowest BCUT2D eigenvalue weighted by molar-refractivity contribution is 0.0705. The largest absolute Gasteiger partial charge is 0.500 e. The van der Waals surface area contributed by atoms with E-state index in [2.05, 4.69) is 80.8 Å². The Morgan fingerprint density at radius 1 is 0.686 bits per heavy atom. The van der Waals surface area contributed by atoms with Gasteiger partial charge in [0.2, 0.25) is 0 Å². The first kappa shape index (κ1) is 32.5. The van der Waals surface area contributed by atoms with Crippen LogP contribution in [0, 0.1) is 0 Å². The molecule has 0 aliphatic carbocycles. The Hall–Kier alpha value is -0.489. The summed E-state index contributed by atoms with van der Waals surface area (Å²) in [5.74, 6) is 0. The van der Waals surface area contributed by atoms with Gasteiger partial charge in [-0.05, 0) is 83.1 Å². The van der Waals surface area contributed by atoms with Crippen molar-refractivity contribution in [1.29, 1.82) is 0 Å². The van der Waals surface area contributed by atoms with Gasteiger partial charge in [-0.1, -0.05) is 52.4 Å². The van der Waals surface area contributed by atoms with Gasteiger partial charge in [0, 0.05) is 38.1 Å². The lowest BCUT2D eigenvalue weighted by Gasteiger charge is -2.45. The highest BCUT2D eigenvalue weighted by Crippen LogP contribution is 2.32. The Morgan fingerprint density at radius 2 is 1.20 bits per heavy atom. The van der Waals surface area contributed by atoms with Gasteiger partial charge in [-0.25, -0.2) is 0 Å². The van der Waals surface area contributed by atoms with Crippen LogP contribution in [0.15, 0.2) is 30.3 Å². The molecule has 1 aromatic carbocycles. The maximum absolute atomic E-state index is 6.11. The summed E-state index contributed by atoms with van der Waals surface area (Å²) in [4.78, 5) is 0. The molecule has 1 aromatic rings. The van der Waals surface area contributed by atoms with Gasteiger partial charge in [0.1, 0.15) is 8.24 Å². The molecule has 0 amide bonds. The predicted octanol–water partition coefficient (Wildman–Crippen LogP) is 7.46. The van der Waals surface area contributed by atoms with Crippen molar-refractivity contribution in [2.24, 2.45) is 0 Å². The second-order valence-electron chi connectivity index (χ2n) is 9.88. The molecule has 1 rings (SSSR count). The predicted molar refractivity (Wildman–Crippen MR) is 161 cm³/mol. The van der Waals surface area contributed by atoms with Crippen molar-refractivity contribution in [3.63, 3.8) is 0 Å². The zero-order valence-electron chi connectivity index (χ0n) is 24.5. The summed E-state index contributed by atoms with van der Waals surface area (Å²) in [6.45, 7) is 22.6. The second-order valence-corrected chi connectivity index (χ2v) is 22.7. The smallest absolute Gasteiger partial charge is 0.398 e. The van der Waals surface area contributed by atoms with Crippen LogP contribution in [0.1, 0.15) is 54.9 Å². The van der Waals surface area contributed by atoms with Crippen LogP contribution in [-0.4, -0.2) is 69.8 Å². The zero-order valence-corrected chi connectivity index (χ0v) is 27.5. The highest BCUT2D eigenvalue weighted by atomic mass is 28.4. The summed E-state index contributed by atoms with van der Waals surface area (Å²) in [5.41, 5.74) is 1.42. The normalized spacial score (nSPS) is 13.0. The van der Waals surface area contributed by atoms with Crippen LogP contribution in [0.4, 0.5) is 5.69 Å². The van der Waals surface area contributed by atoms with Crippen molar-refractivity contribution >= 4 is 31.0 Å². The average Bonchev–Trinajstić information content (AvgIpc) is 2.87. The molecule has 0 fully saturated rings. The van der Waals surface area contributed by atoms with Crippen LogP contribution in [0.2, 0.25) is 42.8 Å². The van der Waals surface area contributed by atoms with Crippen LogP contribution in [0.3, 0.4) is 0 Å². The van der Waals surface area contributed by atoms with E-state index in [-0.39, 0.29) is 0 Å². The van der Waals surface area contributed by atoms with Crippen molar-refractivity contribution in [2.45, 2.75) is 97.7 Å². The molecule has 204 valence electrons. The summed E-state index contributed by atoms with van der Waals surface area (Å²) in [7, 11) is -3.29. The fourth-order valence-electron chi connectivity index (χ4n) is 5.38. The molecular formula is C27H56N2O3Si3. The van der Waals surface area contributed by atoms with Gasteiger partial charge >= 0.3 is 8.80 Å². The topological polar surface area (TPSA) is 34.2 Å². The zero-order chi connectivity index (χ0) is 26.4. The van der Waals surface area contributed by atoms with E-state index < -0.39 is 25.3 Å². The highest BCUT2D eigenvalue weighted by molar-refractivity contribution is 6.82. The van der Waals surface area contributed by atoms with Crippen molar-refractivity contribution in [2.75, 3.05) is 44.5 Å². The molecule has 0 aromatic heterocycles. The number of nitrogens with zero attached hydrogens (tertiary/aromatic N) is 2. The highest BCUT2D eigenvalue weighted by Gasteiger charge is 2.41. The number of benzene rings is 1. The van der Waals surface area contributed by atoms with E-state index in [0.29, 0.717) is 19.8 Å². The van der Waals surface area contributed by atoms with Crippen LogP contribution in [-0.2, 0) is 13.3 Å². The molecule has 0 saturated carbocycles. The van der Waals surface area contributed by atoms with Gasteiger partial charge < -0.3 is 22.4 Å². The minimum absolute atomic E-state index is 0.650.